The van der Waals surface area contributed by atoms with E-state index in [4.69, 9.17) is 23.2 Å². The molecule has 0 saturated carbocycles. The first-order valence-corrected chi connectivity index (χ1v) is 5.35. The minimum atomic E-state index is 0.723. The summed E-state index contributed by atoms with van der Waals surface area (Å²) in [6, 6.07) is 11.8. The van der Waals surface area contributed by atoms with Crippen molar-refractivity contribution in [1.82, 2.24) is 0 Å². The third-order valence-corrected chi connectivity index (χ3v) is 3.42. The van der Waals surface area contributed by atoms with Crippen LogP contribution in [0.3, 0.4) is 0 Å². The van der Waals surface area contributed by atoms with Crippen molar-refractivity contribution < 1.29 is 0 Å². The largest absolute Gasteiger partial charge is 0.122 e. The Morgan fingerprint density at radius 1 is 1.00 bits per heavy atom. The van der Waals surface area contributed by atoms with Crippen LogP contribution in [-0.4, -0.2) is 0 Å². The highest BCUT2D eigenvalue weighted by Gasteiger charge is 2.06. The van der Waals surface area contributed by atoms with Crippen molar-refractivity contribution in [2.45, 2.75) is 0 Å². The Hall–Kier alpha value is -0.500. The Bertz CT molecular complexity index is 406. The SMILES string of the molecule is Clc1cc(Cl)c(-c2ccccc2)s1. The Balaban J connectivity index is 2.53. The van der Waals surface area contributed by atoms with Gasteiger partial charge in [-0.15, -0.1) is 11.3 Å². The molecule has 0 N–H and O–H groups in total. The second-order valence-electron chi connectivity index (χ2n) is 2.59. The topological polar surface area (TPSA) is 0 Å². The molecule has 0 radical (unpaired) electrons. The van der Waals surface area contributed by atoms with Gasteiger partial charge in [0.2, 0.25) is 0 Å². The Labute approximate surface area is 90.7 Å². The molecule has 0 bridgehead atoms. The number of halogens is 2. The average molecular weight is 229 g/mol. The Morgan fingerprint density at radius 2 is 1.69 bits per heavy atom. The van der Waals surface area contributed by atoms with E-state index >= 15 is 0 Å². The molecular weight excluding hydrogens is 223 g/mol. The van der Waals surface area contributed by atoms with Crippen molar-refractivity contribution in [2.75, 3.05) is 0 Å². The molecule has 2 aromatic rings. The zero-order chi connectivity index (χ0) is 9.26. The van der Waals surface area contributed by atoms with Crippen LogP contribution < -0.4 is 0 Å². The van der Waals surface area contributed by atoms with E-state index in [1.165, 1.54) is 11.3 Å². The van der Waals surface area contributed by atoms with E-state index in [1.54, 1.807) is 6.07 Å². The molecule has 0 spiro atoms. The van der Waals surface area contributed by atoms with Crippen molar-refractivity contribution in [3.8, 4) is 10.4 Å². The summed E-state index contributed by atoms with van der Waals surface area (Å²) in [5.41, 5.74) is 1.12. The van der Waals surface area contributed by atoms with Gasteiger partial charge < -0.3 is 0 Å². The molecule has 0 aliphatic carbocycles. The van der Waals surface area contributed by atoms with Gasteiger partial charge in [0.1, 0.15) is 0 Å². The van der Waals surface area contributed by atoms with Crippen LogP contribution in [0, 0.1) is 0 Å². The maximum atomic E-state index is 6.01. The van der Waals surface area contributed by atoms with Gasteiger partial charge in [0.25, 0.3) is 0 Å². The molecule has 1 heterocycles. The predicted molar refractivity (Wildman–Crippen MR) is 59.8 cm³/mol. The number of hydrogen-bond acceptors (Lipinski definition) is 1. The lowest BCUT2D eigenvalue weighted by Gasteiger charge is -1.96. The zero-order valence-electron chi connectivity index (χ0n) is 6.63. The fourth-order valence-corrected chi connectivity index (χ4v) is 2.70. The standard InChI is InChI=1S/C10H6Cl2S/c11-8-6-9(12)13-10(8)7-4-2-1-3-5-7/h1-6H. The van der Waals surface area contributed by atoms with E-state index < -0.39 is 0 Å². The summed E-state index contributed by atoms with van der Waals surface area (Å²) in [4.78, 5) is 1.03. The number of rotatable bonds is 1. The van der Waals surface area contributed by atoms with Crippen molar-refractivity contribution in [3.05, 3.63) is 45.8 Å². The second-order valence-corrected chi connectivity index (χ2v) is 4.68. The fraction of sp³-hybridized carbons (Fsp3) is 0. The molecule has 0 aliphatic rings. The summed E-state index contributed by atoms with van der Waals surface area (Å²) < 4.78 is 0.726. The quantitative estimate of drug-likeness (QED) is 0.663. The second kappa shape index (κ2) is 3.70. The maximum absolute atomic E-state index is 6.01. The minimum Gasteiger partial charge on any atom is -0.122 e. The molecule has 66 valence electrons. The van der Waals surface area contributed by atoms with Gasteiger partial charge >= 0.3 is 0 Å². The number of hydrogen-bond donors (Lipinski definition) is 0. The fourth-order valence-electron chi connectivity index (χ4n) is 1.13. The van der Waals surface area contributed by atoms with Crippen LogP contribution in [0.4, 0.5) is 0 Å². The lowest BCUT2D eigenvalue weighted by atomic mass is 10.2. The summed E-state index contributed by atoms with van der Waals surface area (Å²) in [5, 5.41) is 0.723. The van der Waals surface area contributed by atoms with Crippen molar-refractivity contribution in [1.29, 1.82) is 0 Å². The molecule has 13 heavy (non-hydrogen) atoms. The lowest BCUT2D eigenvalue weighted by Crippen LogP contribution is -1.69. The van der Waals surface area contributed by atoms with Crippen molar-refractivity contribution >= 4 is 34.5 Å². The van der Waals surface area contributed by atoms with E-state index in [0.717, 1.165) is 19.8 Å². The average Bonchev–Trinajstić information content (AvgIpc) is 2.47. The summed E-state index contributed by atoms with van der Waals surface area (Å²) in [6.07, 6.45) is 0. The molecule has 0 amide bonds. The molecule has 1 aromatic carbocycles. The molecule has 2 rings (SSSR count). The molecule has 0 unspecified atom stereocenters. The molecule has 1 aromatic heterocycles. The van der Waals surface area contributed by atoms with Crippen molar-refractivity contribution in [3.63, 3.8) is 0 Å². The molecule has 0 aliphatic heterocycles. The third-order valence-electron chi connectivity index (χ3n) is 1.69. The zero-order valence-corrected chi connectivity index (χ0v) is 8.96. The molecule has 0 atom stereocenters. The van der Waals surface area contributed by atoms with E-state index in [1.807, 2.05) is 30.3 Å². The van der Waals surface area contributed by atoms with Crippen LogP contribution >= 0.6 is 34.5 Å². The van der Waals surface area contributed by atoms with Gasteiger partial charge in [0, 0.05) is 0 Å². The van der Waals surface area contributed by atoms with E-state index in [2.05, 4.69) is 0 Å². The van der Waals surface area contributed by atoms with Crippen LogP contribution in [0.2, 0.25) is 9.36 Å². The number of benzene rings is 1. The maximum Gasteiger partial charge on any atom is 0.0950 e. The van der Waals surface area contributed by atoms with Gasteiger partial charge in [-0.3, -0.25) is 0 Å². The van der Waals surface area contributed by atoms with E-state index in [0.29, 0.717) is 0 Å². The number of thiophene rings is 1. The van der Waals surface area contributed by atoms with Gasteiger partial charge in [-0.1, -0.05) is 53.5 Å². The van der Waals surface area contributed by atoms with E-state index in [9.17, 15) is 0 Å². The Morgan fingerprint density at radius 3 is 2.23 bits per heavy atom. The molecule has 0 saturated heterocycles. The summed E-state index contributed by atoms with van der Waals surface area (Å²) >= 11 is 13.4. The highest BCUT2D eigenvalue weighted by molar-refractivity contribution is 7.20. The van der Waals surface area contributed by atoms with Crippen LogP contribution in [-0.2, 0) is 0 Å². The Kier molecular flexibility index (Phi) is 2.58. The first-order valence-electron chi connectivity index (χ1n) is 3.77. The normalized spacial score (nSPS) is 10.3. The summed E-state index contributed by atoms with van der Waals surface area (Å²) in [6.45, 7) is 0. The third kappa shape index (κ3) is 1.88. The molecule has 0 fully saturated rings. The highest BCUT2D eigenvalue weighted by atomic mass is 35.5. The van der Waals surface area contributed by atoms with Gasteiger partial charge in [0.05, 0.1) is 14.2 Å². The van der Waals surface area contributed by atoms with Gasteiger partial charge in [-0.2, -0.15) is 0 Å². The van der Waals surface area contributed by atoms with Crippen LogP contribution in [0.15, 0.2) is 36.4 Å². The summed E-state index contributed by atoms with van der Waals surface area (Å²) in [5.74, 6) is 0. The van der Waals surface area contributed by atoms with Gasteiger partial charge in [0.15, 0.2) is 0 Å². The smallest absolute Gasteiger partial charge is 0.0950 e. The van der Waals surface area contributed by atoms with Crippen molar-refractivity contribution in [2.24, 2.45) is 0 Å². The monoisotopic (exact) mass is 228 g/mol. The predicted octanol–water partition coefficient (Wildman–Crippen LogP) is 4.72. The van der Waals surface area contributed by atoms with Gasteiger partial charge in [-0.25, -0.2) is 0 Å². The molecule has 3 heteroatoms. The molecular formula is C10H6Cl2S. The van der Waals surface area contributed by atoms with E-state index in [-0.39, 0.29) is 0 Å². The first-order chi connectivity index (χ1) is 6.27. The van der Waals surface area contributed by atoms with Crippen LogP contribution in [0.25, 0.3) is 10.4 Å². The molecule has 0 nitrogen and oxygen atoms in total. The minimum absolute atomic E-state index is 0.723. The van der Waals surface area contributed by atoms with Crippen LogP contribution in [0.5, 0.6) is 0 Å². The lowest BCUT2D eigenvalue weighted by molar-refractivity contribution is 1.70. The van der Waals surface area contributed by atoms with Gasteiger partial charge in [-0.05, 0) is 11.6 Å². The van der Waals surface area contributed by atoms with Crippen LogP contribution in [0.1, 0.15) is 0 Å². The highest BCUT2D eigenvalue weighted by Crippen LogP contribution is 2.38. The first kappa shape index (κ1) is 9.07. The summed E-state index contributed by atoms with van der Waals surface area (Å²) in [7, 11) is 0.